The summed E-state index contributed by atoms with van der Waals surface area (Å²) in [4.78, 5) is 32.9. The summed E-state index contributed by atoms with van der Waals surface area (Å²) in [6, 6.07) is -0.0316. The van der Waals surface area contributed by atoms with E-state index in [1.54, 1.807) is 6.20 Å². The maximum absolute atomic E-state index is 12.8. The van der Waals surface area contributed by atoms with E-state index in [0.29, 0.717) is 19.6 Å². The molecule has 190 valence electrons. The van der Waals surface area contributed by atoms with Gasteiger partial charge in [-0.3, -0.25) is 14.2 Å². The number of alkyl halides is 3. The number of likely N-dealkylation sites (tertiary alicyclic amines) is 1. The quantitative estimate of drug-likeness (QED) is 0.536. The van der Waals surface area contributed by atoms with Gasteiger partial charge in [0, 0.05) is 62.9 Å². The molecule has 2 fully saturated rings. The first-order chi connectivity index (χ1) is 17.3. The molecule has 5 heterocycles. The van der Waals surface area contributed by atoms with Gasteiger partial charge in [0.15, 0.2) is 0 Å². The second kappa shape index (κ2) is 9.75. The van der Waals surface area contributed by atoms with Crippen LogP contribution in [0.1, 0.15) is 42.9 Å². The van der Waals surface area contributed by atoms with Crippen LogP contribution >= 0.6 is 0 Å². The first-order valence-corrected chi connectivity index (χ1v) is 12.0. The van der Waals surface area contributed by atoms with Crippen molar-refractivity contribution in [1.29, 1.82) is 0 Å². The summed E-state index contributed by atoms with van der Waals surface area (Å²) in [6.07, 6.45) is 7.40. The number of nitrogens with one attached hydrogen (secondary N) is 1. The van der Waals surface area contributed by atoms with Gasteiger partial charge >= 0.3 is 6.18 Å². The van der Waals surface area contributed by atoms with E-state index in [4.69, 9.17) is 4.98 Å². The molecule has 3 aromatic rings. The van der Waals surface area contributed by atoms with Crippen LogP contribution in [0.4, 0.5) is 25.1 Å². The van der Waals surface area contributed by atoms with Gasteiger partial charge in [-0.15, -0.1) is 0 Å². The van der Waals surface area contributed by atoms with Crippen LogP contribution in [0.25, 0.3) is 5.52 Å². The summed E-state index contributed by atoms with van der Waals surface area (Å²) < 4.78 is 40.4. The third kappa shape index (κ3) is 4.84. The number of carbonyl (C=O) groups is 1. The van der Waals surface area contributed by atoms with Crippen molar-refractivity contribution < 1.29 is 18.0 Å². The number of imidazole rings is 1. The largest absolute Gasteiger partial charge is 0.419 e. The highest BCUT2D eigenvalue weighted by atomic mass is 19.4. The molecule has 1 N–H and O–H groups in total. The molecule has 0 bridgehead atoms. The highest BCUT2D eigenvalue weighted by molar-refractivity contribution is 5.87. The number of aromatic nitrogens is 5. The lowest BCUT2D eigenvalue weighted by Crippen LogP contribution is -2.43. The Labute approximate surface area is 206 Å². The van der Waals surface area contributed by atoms with E-state index in [0.717, 1.165) is 61.8 Å². The maximum atomic E-state index is 12.8. The minimum absolute atomic E-state index is 0.0316. The standard InChI is InChI=1S/C24H27F3N8O/c1-2-20(36)33-9-5-16(6-10-33)21-19-14-31-23(35(19)11-7-28-21)34-8-3-4-18(15-34)32-22-29-12-17(13-30-22)24(25,26)27/h2,7,11-14,16,18H,1,3-6,8-10,15H2,(H,29,30,32). The zero-order valence-electron chi connectivity index (χ0n) is 19.7. The van der Waals surface area contributed by atoms with Crippen LogP contribution in [0, 0.1) is 0 Å². The molecule has 2 aliphatic heterocycles. The second-order valence-electron chi connectivity index (χ2n) is 9.15. The van der Waals surface area contributed by atoms with Gasteiger partial charge in [-0.1, -0.05) is 6.58 Å². The van der Waals surface area contributed by atoms with Crippen molar-refractivity contribution >= 4 is 23.3 Å². The molecule has 1 amide bonds. The highest BCUT2D eigenvalue weighted by Crippen LogP contribution is 2.32. The van der Waals surface area contributed by atoms with Crippen molar-refractivity contribution in [3.63, 3.8) is 0 Å². The van der Waals surface area contributed by atoms with Gasteiger partial charge in [-0.05, 0) is 31.8 Å². The number of anilines is 2. The number of rotatable bonds is 5. The van der Waals surface area contributed by atoms with Crippen molar-refractivity contribution in [2.75, 3.05) is 36.4 Å². The third-order valence-corrected chi connectivity index (χ3v) is 6.85. The molecule has 3 aromatic heterocycles. The predicted molar refractivity (Wildman–Crippen MR) is 128 cm³/mol. The molecule has 36 heavy (non-hydrogen) atoms. The molecular formula is C24H27F3N8O. The molecule has 0 aromatic carbocycles. The Morgan fingerprint density at radius 3 is 2.50 bits per heavy atom. The lowest BCUT2D eigenvalue weighted by Gasteiger charge is -2.33. The van der Waals surface area contributed by atoms with Gasteiger partial charge in [0.25, 0.3) is 0 Å². The average molecular weight is 501 g/mol. The third-order valence-electron chi connectivity index (χ3n) is 6.85. The molecule has 2 saturated heterocycles. The number of nitrogens with zero attached hydrogens (tertiary/aromatic N) is 7. The number of halogens is 3. The van der Waals surface area contributed by atoms with Gasteiger partial charge in [0.05, 0.1) is 23.0 Å². The lowest BCUT2D eigenvalue weighted by atomic mass is 9.92. The fourth-order valence-corrected chi connectivity index (χ4v) is 4.99. The van der Waals surface area contributed by atoms with Crippen molar-refractivity contribution in [2.24, 2.45) is 0 Å². The molecule has 0 aliphatic carbocycles. The Balaban J connectivity index is 1.29. The molecule has 12 heteroatoms. The minimum atomic E-state index is -4.46. The van der Waals surface area contributed by atoms with E-state index in [-0.39, 0.29) is 23.8 Å². The summed E-state index contributed by atoms with van der Waals surface area (Å²) in [5.41, 5.74) is 1.05. The average Bonchev–Trinajstić information content (AvgIpc) is 3.33. The van der Waals surface area contributed by atoms with Crippen molar-refractivity contribution in [2.45, 2.75) is 43.8 Å². The molecule has 0 saturated carbocycles. The summed E-state index contributed by atoms with van der Waals surface area (Å²) in [7, 11) is 0. The first-order valence-electron chi connectivity index (χ1n) is 12.0. The number of amides is 1. The van der Waals surface area contributed by atoms with E-state index < -0.39 is 11.7 Å². The Hall–Kier alpha value is -3.70. The van der Waals surface area contributed by atoms with Crippen LogP contribution in [0.3, 0.4) is 0 Å². The highest BCUT2D eigenvalue weighted by Gasteiger charge is 2.32. The normalized spacial score (nSPS) is 19.5. The number of hydrogen-bond acceptors (Lipinski definition) is 7. The fraction of sp³-hybridized carbons (Fsp3) is 0.458. The molecule has 2 aliphatic rings. The van der Waals surface area contributed by atoms with E-state index in [2.05, 4.69) is 31.7 Å². The summed E-state index contributed by atoms with van der Waals surface area (Å²) in [6.45, 7) is 6.34. The van der Waals surface area contributed by atoms with E-state index in [1.807, 2.05) is 21.7 Å². The van der Waals surface area contributed by atoms with Crippen LogP contribution in [-0.4, -0.2) is 67.4 Å². The second-order valence-corrected chi connectivity index (χ2v) is 9.15. The molecule has 9 nitrogen and oxygen atoms in total. The minimum Gasteiger partial charge on any atom is -0.350 e. The molecule has 1 unspecified atom stereocenters. The van der Waals surface area contributed by atoms with Gasteiger partial charge in [-0.25, -0.2) is 15.0 Å². The van der Waals surface area contributed by atoms with Gasteiger partial charge in [-0.2, -0.15) is 13.2 Å². The molecule has 0 radical (unpaired) electrons. The molecule has 5 rings (SSSR count). The Morgan fingerprint density at radius 1 is 1.06 bits per heavy atom. The summed E-state index contributed by atoms with van der Waals surface area (Å²) in [5, 5.41) is 3.16. The van der Waals surface area contributed by atoms with Gasteiger partial charge in [0.2, 0.25) is 17.8 Å². The van der Waals surface area contributed by atoms with Crippen molar-refractivity contribution in [1.82, 2.24) is 29.2 Å². The van der Waals surface area contributed by atoms with Crippen LogP contribution in [0.5, 0.6) is 0 Å². The SMILES string of the molecule is C=CC(=O)N1CCC(c2nccn3c(N4CCCC(Nc5ncc(C(F)(F)F)cn5)C4)ncc23)CC1. The van der Waals surface area contributed by atoms with Crippen LogP contribution in [0.2, 0.25) is 0 Å². The molecule has 0 spiro atoms. The Morgan fingerprint density at radius 2 is 1.81 bits per heavy atom. The van der Waals surface area contributed by atoms with Gasteiger partial charge < -0.3 is 15.1 Å². The number of fused-ring (bicyclic) bond motifs is 1. The Kier molecular flexibility index (Phi) is 6.50. The maximum Gasteiger partial charge on any atom is 0.419 e. The Bertz CT molecular complexity index is 1230. The van der Waals surface area contributed by atoms with Crippen LogP contribution in [-0.2, 0) is 11.0 Å². The van der Waals surface area contributed by atoms with Crippen LogP contribution in [0.15, 0.2) is 43.6 Å². The summed E-state index contributed by atoms with van der Waals surface area (Å²) in [5.74, 6) is 1.17. The number of hydrogen-bond donors (Lipinski definition) is 1. The van der Waals surface area contributed by atoms with Crippen LogP contribution < -0.4 is 10.2 Å². The molecule has 1 atom stereocenters. The number of piperidine rings is 2. The van der Waals surface area contributed by atoms with Crippen molar-refractivity contribution in [3.05, 3.63) is 54.9 Å². The van der Waals surface area contributed by atoms with E-state index in [9.17, 15) is 18.0 Å². The smallest absolute Gasteiger partial charge is 0.350 e. The van der Waals surface area contributed by atoms with Crippen molar-refractivity contribution in [3.8, 4) is 0 Å². The summed E-state index contributed by atoms with van der Waals surface area (Å²) >= 11 is 0. The molecular weight excluding hydrogens is 473 g/mol. The van der Waals surface area contributed by atoms with E-state index in [1.165, 1.54) is 6.08 Å². The predicted octanol–water partition coefficient (Wildman–Crippen LogP) is 3.51. The fourth-order valence-electron chi connectivity index (χ4n) is 4.99. The van der Waals surface area contributed by atoms with E-state index >= 15 is 0 Å². The monoisotopic (exact) mass is 500 g/mol. The topological polar surface area (TPSA) is 91.6 Å². The van der Waals surface area contributed by atoms with Gasteiger partial charge in [0.1, 0.15) is 0 Å². The number of carbonyl (C=O) groups excluding carboxylic acids is 1. The lowest BCUT2D eigenvalue weighted by molar-refractivity contribution is -0.138. The zero-order valence-corrected chi connectivity index (χ0v) is 19.7. The zero-order chi connectivity index (χ0) is 25.3. The first kappa shape index (κ1) is 24.0.